The van der Waals surface area contributed by atoms with Gasteiger partial charge in [0.2, 0.25) is 0 Å². The minimum Gasteiger partial charge on any atom is -0.497 e. The molecule has 2 atom stereocenters. The minimum absolute atomic E-state index is 0.0558. The molecule has 2 aromatic carbocycles. The Morgan fingerprint density at radius 1 is 1.12 bits per heavy atom. The number of allylic oxidation sites excluding steroid dienone is 1. The summed E-state index contributed by atoms with van der Waals surface area (Å²) < 4.78 is 10.6. The molecule has 6 heteroatoms. The summed E-state index contributed by atoms with van der Waals surface area (Å²) in [5.74, 6) is 1.98. The Kier molecular flexibility index (Phi) is 6.90. The average molecular weight is 448 g/mol. The van der Waals surface area contributed by atoms with Crippen LogP contribution in [0.3, 0.4) is 0 Å². The quantitative estimate of drug-likeness (QED) is 0.477. The van der Waals surface area contributed by atoms with Gasteiger partial charge in [0.05, 0.1) is 26.0 Å². The van der Waals surface area contributed by atoms with E-state index in [9.17, 15) is 0 Å². The molecule has 1 aliphatic heterocycles. The first-order chi connectivity index (χ1) is 15.6. The fourth-order valence-corrected chi connectivity index (χ4v) is 4.68. The summed E-state index contributed by atoms with van der Waals surface area (Å²) in [5, 5.41) is 10.9. The third-order valence-electron chi connectivity index (χ3n) is 6.02. The third kappa shape index (κ3) is 4.55. The van der Waals surface area contributed by atoms with E-state index in [1.165, 1.54) is 11.1 Å². The van der Waals surface area contributed by atoms with Gasteiger partial charge in [0, 0.05) is 12.5 Å². The van der Waals surface area contributed by atoms with Crippen LogP contribution < -0.4 is 14.8 Å². The minimum atomic E-state index is 0.0558. The van der Waals surface area contributed by atoms with E-state index in [2.05, 4.69) is 42.2 Å². The molecule has 1 N–H and O–H groups in total. The molecule has 1 heterocycles. The van der Waals surface area contributed by atoms with Gasteiger partial charge in [0.1, 0.15) is 11.5 Å². The molecule has 0 spiro atoms. The molecule has 0 radical (unpaired) electrons. The van der Waals surface area contributed by atoms with Crippen LogP contribution in [0.4, 0.5) is 0 Å². The van der Waals surface area contributed by atoms with Crippen LogP contribution in [-0.2, 0) is 0 Å². The van der Waals surface area contributed by atoms with Gasteiger partial charge in [-0.2, -0.15) is 5.10 Å². The van der Waals surface area contributed by atoms with Crippen LogP contribution in [0.5, 0.6) is 11.5 Å². The molecule has 5 nitrogen and oxygen atoms in total. The van der Waals surface area contributed by atoms with Crippen molar-refractivity contribution < 1.29 is 9.47 Å². The zero-order chi connectivity index (χ0) is 22.5. The lowest BCUT2D eigenvalue weighted by Crippen LogP contribution is -2.38. The smallest absolute Gasteiger partial charge is 0.190 e. The number of ether oxygens (including phenoxy) is 2. The second-order valence-electron chi connectivity index (χ2n) is 7.96. The van der Waals surface area contributed by atoms with E-state index in [0.717, 1.165) is 42.0 Å². The first kappa shape index (κ1) is 22.1. The predicted octanol–water partition coefficient (Wildman–Crippen LogP) is 5.36. The number of hydrogen-bond acceptors (Lipinski definition) is 4. The lowest BCUT2D eigenvalue weighted by atomic mass is 9.77. The number of fused-ring (bicyclic) bond motifs is 1. The van der Waals surface area contributed by atoms with Gasteiger partial charge < -0.3 is 14.8 Å². The maximum Gasteiger partial charge on any atom is 0.190 e. The fourth-order valence-electron chi connectivity index (χ4n) is 4.44. The van der Waals surface area contributed by atoms with Gasteiger partial charge in [-0.15, -0.1) is 6.58 Å². The van der Waals surface area contributed by atoms with Crippen LogP contribution in [0.15, 0.2) is 71.9 Å². The first-order valence-electron chi connectivity index (χ1n) is 10.9. The van der Waals surface area contributed by atoms with E-state index in [1.54, 1.807) is 20.3 Å². The van der Waals surface area contributed by atoms with E-state index >= 15 is 0 Å². The van der Waals surface area contributed by atoms with Gasteiger partial charge in [0.15, 0.2) is 5.11 Å². The molecule has 1 aliphatic carbocycles. The molecule has 32 heavy (non-hydrogen) atoms. The van der Waals surface area contributed by atoms with Gasteiger partial charge in [0.25, 0.3) is 0 Å². The summed E-state index contributed by atoms with van der Waals surface area (Å²) in [6.07, 6.45) is 7.27. The molecule has 0 bridgehead atoms. The van der Waals surface area contributed by atoms with E-state index in [4.69, 9.17) is 26.8 Å². The first-order valence-corrected chi connectivity index (χ1v) is 11.3. The Labute approximate surface area is 195 Å². The van der Waals surface area contributed by atoms with Crippen LogP contribution in [0, 0.1) is 5.92 Å². The van der Waals surface area contributed by atoms with Crippen LogP contribution >= 0.6 is 12.2 Å². The zero-order valence-corrected chi connectivity index (χ0v) is 19.4. The summed E-state index contributed by atoms with van der Waals surface area (Å²) in [7, 11) is 3.37. The molecule has 0 amide bonds. The predicted molar refractivity (Wildman–Crippen MR) is 134 cm³/mol. The molecule has 2 aliphatic rings. The Morgan fingerprint density at radius 2 is 1.78 bits per heavy atom. The van der Waals surface area contributed by atoms with Crippen molar-refractivity contribution in [2.24, 2.45) is 11.0 Å². The molecule has 166 valence electrons. The van der Waals surface area contributed by atoms with Crippen molar-refractivity contribution in [2.45, 2.75) is 25.3 Å². The van der Waals surface area contributed by atoms with Gasteiger partial charge >= 0.3 is 0 Å². The monoisotopic (exact) mass is 447 g/mol. The van der Waals surface area contributed by atoms with Crippen molar-refractivity contribution in [2.75, 3.05) is 20.8 Å². The van der Waals surface area contributed by atoms with Gasteiger partial charge in [-0.05, 0) is 78.5 Å². The Balaban J connectivity index is 1.69. The summed E-state index contributed by atoms with van der Waals surface area (Å²) in [5.41, 5.74) is 4.74. The molecule has 4 rings (SSSR count). The number of thiocarbonyl (C=S) groups is 1. The second-order valence-corrected chi connectivity index (χ2v) is 8.35. The molecular formula is C26H29N3O2S. The highest BCUT2D eigenvalue weighted by Gasteiger charge is 2.42. The number of rotatable bonds is 6. The lowest BCUT2D eigenvalue weighted by Gasteiger charge is -2.30. The number of benzene rings is 2. The number of methoxy groups -OCH3 is 2. The highest BCUT2D eigenvalue weighted by atomic mass is 32.1. The van der Waals surface area contributed by atoms with E-state index in [1.807, 2.05) is 29.3 Å². The molecule has 2 aromatic rings. The number of nitrogens with zero attached hydrogens (tertiary/aromatic N) is 2. The van der Waals surface area contributed by atoms with Gasteiger partial charge in [-0.1, -0.05) is 30.3 Å². The Hall–Kier alpha value is -3.12. The summed E-state index contributed by atoms with van der Waals surface area (Å²) >= 11 is 5.72. The summed E-state index contributed by atoms with van der Waals surface area (Å²) in [4.78, 5) is 0. The maximum atomic E-state index is 5.72. The van der Waals surface area contributed by atoms with Crippen LogP contribution in [0.1, 0.15) is 36.4 Å². The number of hydrogen-bond donors (Lipinski definition) is 1. The van der Waals surface area contributed by atoms with Crippen LogP contribution in [0.25, 0.3) is 6.08 Å². The van der Waals surface area contributed by atoms with E-state index in [0.29, 0.717) is 11.7 Å². The second kappa shape index (κ2) is 10.0. The molecule has 0 saturated heterocycles. The molecule has 1 saturated carbocycles. The van der Waals surface area contributed by atoms with E-state index < -0.39 is 0 Å². The number of hydrazone groups is 1. The molecule has 0 aromatic heterocycles. The largest absolute Gasteiger partial charge is 0.497 e. The summed E-state index contributed by atoms with van der Waals surface area (Å²) in [6, 6.07) is 16.4. The SMILES string of the molecule is C=CCNC(=S)N1N=C2/C(=C/c3ccc(OC)cc3)CCC[C@H]2[C@@H]1c1ccc(OC)cc1. The standard InChI is InChI=1S/C26H29N3O2S/c1-4-16-27-26(32)29-25(19-10-14-22(31-3)15-11-19)23-7-5-6-20(24(23)28-29)17-18-8-12-21(30-2)13-9-18/h4,8-15,17,23,25H,1,5-7,16H2,2-3H3,(H,27,32)/b20-17+/t23-,25+/m1/s1. The third-order valence-corrected chi connectivity index (χ3v) is 6.35. The van der Waals surface area contributed by atoms with Crippen LogP contribution in [0.2, 0.25) is 0 Å². The van der Waals surface area contributed by atoms with Crippen molar-refractivity contribution in [1.82, 2.24) is 10.3 Å². The maximum absolute atomic E-state index is 5.72. The molecule has 1 fully saturated rings. The van der Waals surface area contributed by atoms with Crippen molar-refractivity contribution in [1.29, 1.82) is 0 Å². The van der Waals surface area contributed by atoms with Gasteiger partial charge in [-0.3, -0.25) is 0 Å². The highest BCUT2D eigenvalue weighted by Crippen LogP contribution is 2.44. The molecular weight excluding hydrogens is 418 g/mol. The fraction of sp³-hybridized carbons (Fsp3) is 0.308. The van der Waals surface area contributed by atoms with Crippen molar-refractivity contribution >= 4 is 29.1 Å². The Bertz CT molecular complexity index is 1030. The summed E-state index contributed by atoms with van der Waals surface area (Å²) in [6.45, 7) is 4.40. The zero-order valence-electron chi connectivity index (χ0n) is 18.6. The van der Waals surface area contributed by atoms with Crippen LogP contribution in [-0.4, -0.2) is 36.6 Å². The van der Waals surface area contributed by atoms with E-state index in [-0.39, 0.29) is 12.0 Å². The highest BCUT2D eigenvalue weighted by molar-refractivity contribution is 7.80. The lowest BCUT2D eigenvalue weighted by molar-refractivity contribution is 0.300. The Morgan fingerprint density at radius 3 is 2.41 bits per heavy atom. The average Bonchev–Trinajstić information content (AvgIpc) is 3.24. The van der Waals surface area contributed by atoms with Crippen molar-refractivity contribution in [3.05, 3.63) is 77.9 Å². The van der Waals surface area contributed by atoms with Crippen molar-refractivity contribution in [3.8, 4) is 11.5 Å². The van der Waals surface area contributed by atoms with Gasteiger partial charge in [-0.25, -0.2) is 5.01 Å². The van der Waals surface area contributed by atoms with Crippen molar-refractivity contribution in [3.63, 3.8) is 0 Å². The molecule has 0 unspecified atom stereocenters. The topological polar surface area (TPSA) is 46.1 Å². The number of nitrogens with one attached hydrogen (secondary N) is 1. The normalized spacial score (nSPS) is 21.0.